The van der Waals surface area contributed by atoms with E-state index in [1.54, 1.807) is 0 Å². The minimum absolute atomic E-state index is 0.0876. The Balaban J connectivity index is 1.44. The van der Waals surface area contributed by atoms with Crippen molar-refractivity contribution in [3.05, 3.63) is 23.8 Å². The van der Waals surface area contributed by atoms with Crippen LogP contribution in [0.3, 0.4) is 0 Å². The quantitative estimate of drug-likeness (QED) is 0.593. The normalized spacial score (nSPS) is 20.8. The molecule has 0 aromatic heterocycles. The maximum absolute atomic E-state index is 12.5. The van der Waals surface area contributed by atoms with E-state index in [2.05, 4.69) is 5.32 Å². The number of carbonyl (C=O) groups excluding carboxylic acids is 3. The van der Waals surface area contributed by atoms with Gasteiger partial charge in [0.2, 0.25) is 17.7 Å². The van der Waals surface area contributed by atoms with Gasteiger partial charge in [0.25, 0.3) is 0 Å². The van der Waals surface area contributed by atoms with Gasteiger partial charge < -0.3 is 14.8 Å². The molecule has 3 rings (SSSR count). The predicted molar refractivity (Wildman–Crippen MR) is 112 cm³/mol. The molecule has 1 aliphatic heterocycles. The average molecular weight is 417 g/mol. The highest BCUT2D eigenvalue weighted by Gasteiger charge is 2.47. The first kappa shape index (κ1) is 22.1. The molecule has 3 amide bonds. The van der Waals surface area contributed by atoms with Crippen LogP contribution < -0.4 is 14.8 Å². The number of nitrogens with zero attached hydrogens (tertiary/aromatic N) is 1. The van der Waals surface area contributed by atoms with Crippen molar-refractivity contribution in [2.45, 2.75) is 52.4 Å². The van der Waals surface area contributed by atoms with Gasteiger partial charge in [-0.25, -0.2) is 0 Å². The highest BCUT2D eigenvalue weighted by Crippen LogP contribution is 2.38. The van der Waals surface area contributed by atoms with Crippen LogP contribution in [0.15, 0.2) is 18.2 Å². The molecule has 1 aliphatic carbocycles. The highest BCUT2D eigenvalue weighted by molar-refractivity contribution is 6.05. The Bertz CT molecular complexity index is 755. The second-order valence-electron chi connectivity index (χ2n) is 7.82. The molecule has 1 saturated carbocycles. The Morgan fingerprint density at radius 2 is 1.67 bits per heavy atom. The number of ether oxygens (including phenoxy) is 2. The lowest BCUT2D eigenvalue weighted by Gasteiger charge is -2.19. The zero-order chi connectivity index (χ0) is 21.5. The summed E-state index contributed by atoms with van der Waals surface area (Å²) < 4.78 is 11.2. The number of imide groups is 1. The lowest BCUT2D eigenvalue weighted by atomic mass is 9.81. The SMILES string of the molecule is CCOc1ccc(CCNC(=O)CCN2C(=O)[C@H]3CCCC[C@H]3C2=O)cc1OCC. The molecule has 2 fully saturated rings. The molecule has 2 atom stereocenters. The summed E-state index contributed by atoms with van der Waals surface area (Å²) in [6.07, 6.45) is 4.40. The summed E-state index contributed by atoms with van der Waals surface area (Å²) in [6.45, 7) is 5.62. The third-order valence-electron chi connectivity index (χ3n) is 5.84. The topological polar surface area (TPSA) is 84.9 Å². The number of nitrogens with one attached hydrogen (secondary N) is 1. The molecule has 0 unspecified atom stereocenters. The Kier molecular flexibility index (Phi) is 7.71. The lowest BCUT2D eigenvalue weighted by Crippen LogP contribution is -2.35. The highest BCUT2D eigenvalue weighted by atomic mass is 16.5. The van der Waals surface area contributed by atoms with Gasteiger partial charge in [0.1, 0.15) is 0 Å². The van der Waals surface area contributed by atoms with Gasteiger partial charge in [-0.3, -0.25) is 19.3 Å². The number of carbonyl (C=O) groups is 3. The molecule has 1 N–H and O–H groups in total. The van der Waals surface area contributed by atoms with Crippen molar-refractivity contribution in [2.24, 2.45) is 11.8 Å². The molecule has 0 radical (unpaired) electrons. The van der Waals surface area contributed by atoms with E-state index in [1.807, 2.05) is 32.0 Å². The first-order valence-electron chi connectivity index (χ1n) is 11.1. The van der Waals surface area contributed by atoms with Crippen molar-refractivity contribution >= 4 is 17.7 Å². The number of rotatable bonds is 10. The number of hydrogen-bond acceptors (Lipinski definition) is 5. The Labute approximate surface area is 178 Å². The molecule has 30 heavy (non-hydrogen) atoms. The van der Waals surface area contributed by atoms with Crippen molar-refractivity contribution in [1.29, 1.82) is 0 Å². The molecule has 1 heterocycles. The zero-order valence-electron chi connectivity index (χ0n) is 17.9. The summed E-state index contributed by atoms with van der Waals surface area (Å²) in [5.41, 5.74) is 1.04. The summed E-state index contributed by atoms with van der Waals surface area (Å²) >= 11 is 0. The molecule has 7 nitrogen and oxygen atoms in total. The van der Waals surface area contributed by atoms with Gasteiger partial charge >= 0.3 is 0 Å². The summed E-state index contributed by atoms with van der Waals surface area (Å²) in [4.78, 5) is 38.5. The van der Waals surface area contributed by atoms with Crippen LogP contribution in [0.25, 0.3) is 0 Å². The first-order valence-corrected chi connectivity index (χ1v) is 11.1. The molecule has 1 saturated heterocycles. The first-order chi connectivity index (χ1) is 14.5. The predicted octanol–water partition coefficient (Wildman–Crippen LogP) is 2.71. The van der Waals surface area contributed by atoms with E-state index < -0.39 is 0 Å². The van der Waals surface area contributed by atoms with Gasteiger partial charge in [-0.1, -0.05) is 18.9 Å². The number of fused-ring (bicyclic) bond motifs is 1. The van der Waals surface area contributed by atoms with E-state index in [-0.39, 0.29) is 42.5 Å². The van der Waals surface area contributed by atoms with E-state index in [0.717, 1.165) is 31.2 Å². The molecule has 1 aromatic carbocycles. The van der Waals surface area contributed by atoms with Crippen molar-refractivity contribution in [3.8, 4) is 11.5 Å². The standard InChI is InChI=1S/C23H32N2O5/c1-3-29-19-10-9-16(15-20(19)30-4-2)11-13-24-21(26)12-14-25-22(27)17-7-5-6-8-18(17)23(25)28/h9-10,15,17-18H,3-8,11-14H2,1-2H3,(H,24,26)/t17-,18+. The molecule has 2 aliphatic rings. The maximum atomic E-state index is 12.5. The second kappa shape index (κ2) is 10.5. The maximum Gasteiger partial charge on any atom is 0.233 e. The van der Waals surface area contributed by atoms with Crippen molar-refractivity contribution in [1.82, 2.24) is 10.2 Å². The molecule has 0 spiro atoms. The van der Waals surface area contributed by atoms with Gasteiger partial charge in [-0.05, 0) is 50.8 Å². The molecular formula is C23H32N2O5. The van der Waals surface area contributed by atoms with Crippen LogP contribution in [0, 0.1) is 11.8 Å². The lowest BCUT2D eigenvalue weighted by molar-refractivity contribution is -0.140. The summed E-state index contributed by atoms with van der Waals surface area (Å²) in [5.74, 6) is 0.775. The van der Waals surface area contributed by atoms with Crippen molar-refractivity contribution in [2.75, 3.05) is 26.3 Å². The van der Waals surface area contributed by atoms with Crippen molar-refractivity contribution < 1.29 is 23.9 Å². The summed E-state index contributed by atoms with van der Waals surface area (Å²) in [7, 11) is 0. The van der Waals surface area contributed by atoms with Crippen LogP contribution in [-0.4, -0.2) is 48.9 Å². The fourth-order valence-corrected chi connectivity index (χ4v) is 4.35. The molecule has 7 heteroatoms. The Morgan fingerprint density at radius 1 is 1.03 bits per heavy atom. The molecule has 0 bridgehead atoms. The van der Waals surface area contributed by atoms with Crippen LogP contribution in [0.4, 0.5) is 0 Å². The Morgan fingerprint density at radius 3 is 2.30 bits per heavy atom. The van der Waals surface area contributed by atoms with Gasteiger partial charge in [0, 0.05) is 19.5 Å². The number of likely N-dealkylation sites (tertiary alicyclic amines) is 1. The van der Waals surface area contributed by atoms with E-state index in [9.17, 15) is 14.4 Å². The third-order valence-corrected chi connectivity index (χ3v) is 5.84. The van der Waals surface area contributed by atoms with Crippen LogP contribution in [-0.2, 0) is 20.8 Å². The molecule has 1 aromatic rings. The van der Waals surface area contributed by atoms with Gasteiger partial charge in [-0.15, -0.1) is 0 Å². The van der Waals surface area contributed by atoms with E-state index in [0.29, 0.717) is 37.7 Å². The van der Waals surface area contributed by atoms with Crippen LogP contribution in [0.5, 0.6) is 11.5 Å². The largest absolute Gasteiger partial charge is 0.490 e. The van der Waals surface area contributed by atoms with Crippen LogP contribution in [0.1, 0.15) is 51.5 Å². The number of hydrogen-bond donors (Lipinski definition) is 1. The monoisotopic (exact) mass is 416 g/mol. The fraction of sp³-hybridized carbons (Fsp3) is 0.609. The van der Waals surface area contributed by atoms with Gasteiger partial charge in [-0.2, -0.15) is 0 Å². The van der Waals surface area contributed by atoms with Crippen molar-refractivity contribution in [3.63, 3.8) is 0 Å². The minimum Gasteiger partial charge on any atom is -0.490 e. The summed E-state index contributed by atoms with van der Waals surface area (Å²) in [6, 6.07) is 5.78. The average Bonchev–Trinajstić information content (AvgIpc) is 2.99. The van der Waals surface area contributed by atoms with Crippen LogP contribution in [0.2, 0.25) is 0 Å². The zero-order valence-corrected chi connectivity index (χ0v) is 17.9. The summed E-state index contributed by atoms with van der Waals surface area (Å²) in [5, 5.41) is 2.88. The number of benzene rings is 1. The van der Waals surface area contributed by atoms with Gasteiger partial charge in [0.05, 0.1) is 25.0 Å². The smallest absolute Gasteiger partial charge is 0.233 e. The third kappa shape index (κ3) is 5.12. The fourth-order valence-electron chi connectivity index (χ4n) is 4.35. The van der Waals surface area contributed by atoms with Crippen LogP contribution >= 0.6 is 0 Å². The minimum atomic E-state index is -0.159. The second-order valence-corrected chi connectivity index (χ2v) is 7.82. The molecule has 164 valence electrons. The Hall–Kier alpha value is -2.57. The van der Waals surface area contributed by atoms with E-state index in [4.69, 9.17) is 9.47 Å². The number of amides is 3. The van der Waals surface area contributed by atoms with E-state index in [1.165, 1.54) is 4.90 Å². The van der Waals surface area contributed by atoms with Gasteiger partial charge in [0.15, 0.2) is 11.5 Å². The molecular weight excluding hydrogens is 384 g/mol. The van der Waals surface area contributed by atoms with E-state index >= 15 is 0 Å².